The zero-order valence-electron chi connectivity index (χ0n) is 13.0. The van der Waals surface area contributed by atoms with Crippen molar-refractivity contribution in [3.8, 4) is 0 Å². The normalized spacial score (nSPS) is 17.3. The highest BCUT2D eigenvalue weighted by molar-refractivity contribution is 9.10. The summed E-state index contributed by atoms with van der Waals surface area (Å²) in [6, 6.07) is 3.58. The lowest BCUT2D eigenvalue weighted by molar-refractivity contribution is -0.123. The van der Waals surface area contributed by atoms with Gasteiger partial charge in [-0.15, -0.1) is 0 Å². The maximum absolute atomic E-state index is 12.2. The summed E-state index contributed by atoms with van der Waals surface area (Å²) >= 11 is 3.20. The first-order chi connectivity index (χ1) is 10.5. The molecule has 1 unspecified atom stereocenters. The van der Waals surface area contributed by atoms with Crippen LogP contribution in [0.4, 0.5) is 0 Å². The minimum Gasteiger partial charge on any atom is -0.444 e. The van der Waals surface area contributed by atoms with Crippen LogP contribution < -0.4 is 5.32 Å². The van der Waals surface area contributed by atoms with Crippen LogP contribution in [0.2, 0.25) is 0 Å². The van der Waals surface area contributed by atoms with Gasteiger partial charge in [0.2, 0.25) is 5.91 Å². The van der Waals surface area contributed by atoms with Gasteiger partial charge in [0.15, 0.2) is 10.4 Å². The molecule has 1 N–H and O–H groups in total. The average Bonchev–Trinajstić information content (AvgIpc) is 2.93. The van der Waals surface area contributed by atoms with Gasteiger partial charge in [0.1, 0.15) is 0 Å². The predicted octanol–water partition coefficient (Wildman–Crippen LogP) is 1.71. The van der Waals surface area contributed by atoms with Gasteiger partial charge in [-0.25, -0.2) is 0 Å². The van der Waals surface area contributed by atoms with Crippen LogP contribution in [0.25, 0.3) is 0 Å². The van der Waals surface area contributed by atoms with Crippen molar-refractivity contribution in [2.24, 2.45) is 0 Å². The number of piperazine rings is 1. The summed E-state index contributed by atoms with van der Waals surface area (Å²) in [5.74, 6) is 0.285. The second-order valence-corrected chi connectivity index (χ2v) is 6.33. The Kier molecular flexibility index (Phi) is 6.02. The van der Waals surface area contributed by atoms with Crippen molar-refractivity contribution in [1.29, 1.82) is 0 Å². The zero-order valence-corrected chi connectivity index (χ0v) is 14.6. The molecule has 1 saturated heterocycles. The van der Waals surface area contributed by atoms with Gasteiger partial charge in [0.25, 0.3) is 5.91 Å². The first kappa shape index (κ1) is 17.0. The van der Waals surface area contributed by atoms with Gasteiger partial charge in [0, 0.05) is 32.2 Å². The third-order valence-electron chi connectivity index (χ3n) is 3.83. The molecule has 6 nitrogen and oxygen atoms in total. The third-order valence-corrected chi connectivity index (χ3v) is 4.26. The monoisotopic (exact) mass is 371 g/mol. The summed E-state index contributed by atoms with van der Waals surface area (Å²) in [6.07, 6.45) is 0.923. The van der Waals surface area contributed by atoms with E-state index in [-0.39, 0.29) is 17.9 Å². The number of nitrogens with one attached hydrogen (secondary N) is 1. The Morgan fingerprint density at radius 3 is 2.55 bits per heavy atom. The zero-order chi connectivity index (χ0) is 16.1. The molecule has 0 saturated carbocycles. The minimum atomic E-state index is -0.102. The minimum absolute atomic E-state index is 0.0455. The molecule has 1 aromatic heterocycles. The molecule has 2 amide bonds. The van der Waals surface area contributed by atoms with Gasteiger partial charge >= 0.3 is 0 Å². The van der Waals surface area contributed by atoms with Crippen molar-refractivity contribution in [2.45, 2.75) is 26.3 Å². The Balaban J connectivity index is 1.78. The van der Waals surface area contributed by atoms with E-state index in [4.69, 9.17) is 4.42 Å². The maximum Gasteiger partial charge on any atom is 0.289 e. The molecule has 1 fully saturated rings. The number of nitrogens with zero attached hydrogens (tertiary/aromatic N) is 2. The first-order valence-corrected chi connectivity index (χ1v) is 8.35. The maximum atomic E-state index is 12.2. The van der Waals surface area contributed by atoms with Gasteiger partial charge < -0.3 is 14.6 Å². The number of furan rings is 1. The Labute approximate surface area is 138 Å². The number of amides is 2. The van der Waals surface area contributed by atoms with Crippen LogP contribution in [0.3, 0.4) is 0 Å². The Bertz CT molecular complexity index is 524. The fraction of sp³-hybridized carbons (Fsp3) is 0.600. The summed E-state index contributed by atoms with van der Waals surface area (Å²) in [7, 11) is 0. The van der Waals surface area contributed by atoms with E-state index in [2.05, 4.69) is 26.1 Å². The van der Waals surface area contributed by atoms with Gasteiger partial charge in [-0.1, -0.05) is 6.92 Å². The first-order valence-electron chi connectivity index (χ1n) is 7.56. The molecule has 2 rings (SSSR count). The summed E-state index contributed by atoms with van der Waals surface area (Å²) < 4.78 is 5.85. The summed E-state index contributed by atoms with van der Waals surface area (Å²) in [6.45, 7) is 7.03. The number of carbonyl (C=O) groups is 2. The molecule has 1 aliphatic heterocycles. The standard InChI is InChI=1S/C15H22BrN3O3/c1-3-11(2)17-14(20)10-18-6-8-19(9-7-18)15(21)12-4-5-13(16)22-12/h4-5,11H,3,6-10H2,1-2H3,(H,17,20). The van der Waals surface area contributed by atoms with E-state index in [1.165, 1.54) is 0 Å². The number of carbonyl (C=O) groups excluding carboxylic acids is 2. The number of hydrogen-bond acceptors (Lipinski definition) is 4. The SMILES string of the molecule is CCC(C)NC(=O)CN1CCN(C(=O)c2ccc(Br)o2)CC1. The molecule has 1 atom stereocenters. The summed E-state index contributed by atoms with van der Waals surface area (Å²) in [5.41, 5.74) is 0. The lowest BCUT2D eigenvalue weighted by Gasteiger charge is -2.34. The highest BCUT2D eigenvalue weighted by Gasteiger charge is 2.25. The molecule has 0 aliphatic carbocycles. The molecule has 22 heavy (non-hydrogen) atoms. The van der Waals surface area contributed by atoms with Gasteiger partial charge in [-0.2, -0.15) is 0 Å². The van der Waals surface area contributed by atoms with Gasteiger partial charge in [-0.05, 0) is 41.4 Å². The molecule has 122 valence electrons. The molecule has 1 aromatic rings. The van der Waals surface area contributed by atoms with Crippen LogP contribution in [0.5, 0.6) is 0 Å². The molecular weight excluding hydrogens is 350 g/mol. The second-order valence-electron chi connectivity index (χ2n) is 5.55. The highest BCUT2D eigenvalue weighted by atomic mass is 79.9. The van der Waals surface area contributed by atoms with Crippen molar-refractivity contribution in [2.75, 3.05) is 32.7 Å². The summed E-state index contributed by atoms with van der Waals surface area (Å²) in [5, 5.41) is 2.96. The average molecular weight is 372 g/mol. The van der Waals surface area contributed by atoms with E-state index in [9.17, 15) is 9.59 Å². The van der Waals surface area contributed by atoms with Crippen LogP contribution in [0, 0.1) is 0 Å². The van der Waals surface area contributed by atoms with Crippen molar-refractivity contribution in [3.05, 3.63) is 22.6 Å². The molecule has 0 radical (unpaired) electrons. The molecule has 7 heteroatoms. The third kappa shape index (κ3) is 4.58. The van der Waals surface area contributed by atoms with Crippen molar-refractivity contribution in [3.63, 3.8) is 0 Å². The second kappa shape index (κ2) is 7.78. The molecular formula is C15H22BrN3O3. The molecule has 1 aliphatic rings. The lowest BCUT2D eigenvalue weighted by atomic mass is 10.2. The topological polar surface area (TPSA) is 65.8 Å². The van der Waals surface area contributed by atoms with Crippen LogP contribution >= 0.6 is 15.9 Å². The molecule has 0 bridgehead atoms. The van der Waals surface area contributed by atoms with Crippen molar-refractivity contribution >= 4 is 27.7 Å². The summed E-state index contributed by atoms with van der Waals surface area (Å²) in [4.78, 5) is 27.9. The predicted molar refractivity (Wildman–Crippen MR) is 86.6 cm³/mol. The van der Waals surface area contributed by atoms with Gasteiger partial charge in [0.05, 0.1) is 6.54 Å². The molecule has 0 aromatic carbocycles. The van der Waals surface area contributed by atoms with E-state index in [1.807, 2.05) is 13.8 Å². The number of rotatable bonds is 5. The highest BCUT2D eigenvalue weighted by Crippen LogP contribution is 2.16. The van der Waals surface area contributed by atoms with Gasteiger partial charge in [-0.3, -0.25) is 14.5 Å². The Hall–Kier alpha value is -1.34. The van der Waals surface area contributed by atoms with Crippen LogP contribution in [0.15, 0.2) is 21.2 Å². The lowest BCUT2D eigenvalue weighted by Crippen LogP contribution is -2.51. The van der Waals surface area contributed by atoms with E-state index < -0.39 is 0 Å². The van der Waals surface area contributed by atoms with Crippen LogP contribution in [-0.4, -0.2) is 60.4 Å². The van der Waals surface area contributed by atoms with E-state index >= 15 is 0 Å². The largest absolute Gasteiger partial charge is 0.444 e. The fourth-order valence-electron chi connectivity index (χ4n) is 2.32. The van der Waals surface area contributed by atoms with Crippen LogP contribution in [0.1, 0.15) is 30.8 Å². The van der Waals surface area contributed by atoms with E-state index in [1.54, 1.807) is 17.0 Å². The fourth-order valence-corrected chi connectivity index (χ4v) is 2.63. The van der Waals surface area contributed by atoms with Crippen LogP contribution in [-0.2, 0) is 4.79 Å². The quantitative estimate of drug-likeness (QED) is 0.855. The number of hydrogen-bond donors (Lipinski definition) is 1. The van der Waals surface area contributed by atoms with Crippen molar-refractivity contribution < 1.29 is 14.0 Å². The van der Waals surface area contributed by atoms with E-state index in [0.717, 1.165) is 6.42 Å². The van der Waals surface area contributed by atoms with Crippen molar-refractivity contribution in [1.82, 2.24) is 15.1 Å². The molecule has 0 spiro atoms. The smallest absolute Gasteiger partial charge is 0.289 e. The number of halogens is 1. The Morgan fingerprint density at radius 1 is 1.32 bits per heavy atom. The molecule has 2 heterocycles. The Morgan fingerprint density at radius 2 is 2.00 bits per heavy atom. The van der Waals surface area contributed by atoms with E-state index in [0.29, 0.717) is 43.2 Å².